The van der Waals surface area contributed by atoms with Crippen LogP contribution in [-0.4, -0.2) is 118 Å². The van der Waals surface area contributed by atoms with E-state index in [1.165, 1.54) is 7.11 Å². The minimum atomic E-state index is -1.73. The maximum Gasteiger partial charge on any atom is 0.190 e. The summed E-state index contributed by atoms with van der Waals surface area (Å²) in [6.07, 6.45) is -14.2. The molecular formula is C13H24O12. The third-order valence-corrected chi connectivity index (χ3v) is 4.32. The molecule has 12 heteroatoms. The van der Waals surface area contributed by atoms with Gasteiger partial charge in [-0.05, 0) is 0 Å². The molecule has 7 N–H and O–H groups in total. The molecule has 0 spiro atoms. The molecule has 2 fully saturated rings. The van der Waals surface area contributed by atoms with Gasteiger partial charge in [0.05, 0.1) is 13.2 Å². The summed E-state index contributed by atoms with van der Waals surface area (Å²) in [5, 5.41) is 67.1. The number of rotatable bonds is 6. The fourth-order valence-corrected chi connectivity index (χ4v) is 2.92. The van der Waals surface area contributed by atoms with Gasteiger partial charge in [0.15, 0.2) is 18.7 Å². The van der Waals surface area contributed by atoms with Gasteiger partial charge in [0, 0.05) is 7.11 Å². The van der Waals surface area contributed by atoms with Crippen molar-refractivity contribution in [3.63, 3.8) is 0 Å². The van der Waals surface area contributed by atoms with E-state index in [0.29, 0.717) is 0 Å². The average molecular weight is 372 g/mol. The lowest BCUT2D eigenvalue weighted by atomic mass is 9.97. The Morgan fingerprint density at radius 2 is 1.44 bits per heavy atom. The van der Waals surface area contributed by atoms with Crippen molar-refractivity contribution >= 4 is 0 Å². The van der Waals surface area contributed by atoms with Gasteiger partial charge in [-0.3, -0.25) is 5.26 Å². The van der Waals surface area contributed by atoms with Gasteiger partial charge in [-0.2, -0.15) is 0 Å². The summed E-state index contributed by atoms with van der Waals surface area (Å²) in [5.74, 6) is 0. The number of hydrogen-bond donors (Lipinski definition) is 7. The Kier molecular flexibility index (Phi) is 7.45. The summed E-state index contributed by atoms with van der Waals surface area (Å²) in [6, 6.07) is 0. The van der Waals surface area contributed by atoms with Crippen molar-refractivity contribution in [2.24, 2.45) is 0 Å². The van der Waals surface area contributed by atoms with Crippen molar-refractivity contribution in [2.45, 2.75) is 61.4 Å². The Morgan fingerprint density at radius 1 is 0.800 bits per heavy atom. The van der Waals surface area contributed by atoms with Crippen LogP contribution in [0.25, 0.3) is 0 Å². The molecule has 2 aliphatic rings. The van der Waals surface area contributed by atoms with E-state index in [2.05, 4.69) is 4.89 Å². The van der Waals surface area contributed by atoms with Gasteiger partial charge in [0.1, 0.15) is 42.7 Å². The first kappa shape index (κ1) is 20.8. The zero-order valence-corrected chi connectivity index (χ0v) is 13.4. The first-order valence-corrected chi connectivity index (χ1v) is 7.62. The first-order valence-electron chi connectivity index (χ1n) is 7.62. The molecule has 2 aliphatic heterocycles. The molecule has 0 amide bonds. The summed E-state index contributed by atoms with van der Waals surface area (Å²) in [6.45, 7) is -1.27. The van der Waals surface area contributed by atoms with Gasteiger partial charge < -0.3 is 49.6 Å². The van der Waals surface area contributed by atoms with Gasteiger partial charge in [-0.25, -0.2) is 4.89 Å². The quantitative estimate of drug-likeness (QED) is 0.176. The van der Waals surface area contributed by atoms with Gasteiger partial charge >= 0.3 is 0 Å². The lowest BCUT2D eigenvalue weighted by Crippen LogP contribution is -2.65. The van der Waals surface area contributed by atoms with E-state index in [1.54, 1.807) is 0 Å². The fourth-order valence-electron chi connectivity index (χ4n) is 2.92. The summed E-state index contributed by atoms with van der Waals surface area (Å²) in [7, 11) is 1.23. The Balaban J connectivity index is 2.19. The largest absolute Gasteiger partial charge is 0.394 e. The zero-order valence-electron chi connectivity index (χ0n) is 13.4. The highest BCUT2D eigenvalue weighted by atomic mass is 17.1. The van der Waals surface area contributed by atoms with Crippen LogP contribution >= 0.6 is 0 Å². The van der Waals surface area contributed by atoms with E-state index in [0.717, 1.165) is 0 Å². The van der Waals surface area contributed by atoms with Gasteiger partial charge in [-0.15, -0.1) is 0 Å². The van der Waals surface area contributed by atoms with Crippen molar-refractivity contribution in [1.29, 1.82) is 0 Å². The fraction of sp³-hybridized carbons (Fsp3) is 1.00. The molecule has 0 bridgehead atoms. The van der Waals surface area contributed by atoms with Crippen LogP contribution in [0.4, 0.5) is 0 Å². The number of ether oxygens (including phenoxy) is 4. The first-order chi connectivity index (χ1) is 11.9. The van der Waals surface area contributed by atoms with E-state index in [-0.39, 0.29) is 0 Å². The van der Waals surface area contributed by atoms with Crippen LogP contribution in [0.3, 0.4) is 0 Å². The Bertz CT molecular complexity index is 408. The maximum absolute atomic E-state index is 10.1. The molecule has 0 aromatic carbocycles. The number of methoxy groups -OCH3 is 1. The van der Waals surface area contributed by atoms with E-state index in [4.69, 9.17) is 24.2 Å². The highest BCUT2D eigenvalue weighted by Crippen LogP contribution is 2.30. The minimum Gasteiger partial charge on any atom is -0.394 e. The second-order valence-electron chi connectivity index (χ2n) is 5.82. The van der Waals surface area contributed by atoms with E-state index < -0.39 is 74.6 Å². The van der Waals surface area contributed by atoms with Crippen LogP contribution in [0, 0.1) is 0 Å². The van der Waals surface area contributed by atoms with E-state index in [1.807, 2.05) is 0 Å². The van der Waals surface area contributed by atoms with Crippen LogP contribution in [0.15, 0.2) is 0 Å². The van der Waals surface area contributed by atoms with E-state index >= 15 is 0 Å². The van der Waals surface area contributed by atoms with Crippen LogP contribution < -0.4 is 0 Å². The monoisotopic (exact) mass is 372 g/mol. The molecule has 0 radical (unpaired) electrons. The summed E-state index contributed by atoms with van der Waals surface area (Å²) < 4.78 is 20.8. The molecule has 2 saturated heterocycles. The number of aliphatic hydroxyl groups is 6. The number of aliphatic hydroxyl groups excluding tert-OH is 6. The third-order valence-electron chi connectivity index (χ3n) is 4.32. The average Bonchev–Trinajstić information content (AvgIpc) is 2.62. The van der Waals surface area contributed by atoms with Crippen LogP contribution in [-0.2, 0) is 23.8 Å². The topological polar surface area (TPSA) is 188 Å². The Morgan fingerprint density at radius 3 is 1.96 bits per heavy atom. The maximum atomic E-state index is 10.1. The van der Waals surface area contributed by atoms with Crippen LogP contribution in [0.1, 0.15) is 0 Å². The standard InChI is InChI=1S/C13H24O12/c1-21-10-6(16)4(2-14)23-13(11(10)25-20)24-9-5(3-15)22-12(19)8(18)7(9)17/h4-20H,2-3H2,1H3/t4-,5-,6+,7-,8-,9-,10+,11-,12-,13+/m1/s1. The SMILES string of the molecule is CO[C@H]1[C@@H](O)[C@@H](CO)O[C@@H](O[C@H]2[C@H](O)[C@@H](O)[C@H](O)O[C@@H]2CO)[C@@H]1OO. The smallest absolute Gasteiger partial charge is 0.190 e. The van der Waals surface area contributed by atoms with Gasteiger partial charge in [-0.1, -0.05) is 0 Å². The van der Waals surface area contributed by atoms with Crippen LogP contribution in [0.5, 0.6) is 0 Å². The van der Waals surface area contributed by atoms with Crippen molar-refractivity contribution in [3.05, 3.63) is 0 Å². The summed E-state index contributed by atoms with van der Waals surface area (Å²) >= 11 is 0. The molecule has 148 valence electrons. The second-order valence-corrected chi connectivity index (χ2v) is 5.82. The van der Waals surface area contributed by atoms with Crippen molar-refractivity contribution < 1.29 is 59.7 Å². The van der Waals surface area contributed by atoms with E-state index in [9.17, 15) is 30.6 Å². The minimum absolute atomic E-state index is 0.604. The molecule has 2 rings (SSSR count). The zero-order chi connectivity index (χ0) is 18.7. The second kappa shape index (κ2) is 8.94. The predicted octanol–water partition coefficient (Wildman–Crippen LogP) is -4.25. The molecule has 0 unspecified atom stereocenters. The summed E-state index contributed by atoms with van der Waals surface area (Å²) in [5.41, 5.74) is 0. The molecule has 10 atom stereocenters. The molecule has 25 heavy (non-hydrogen) atoms. The molecule has 0 aromatic heterocycles. The lowest BCUT2D eigenvalue weighted by molar-refractivity contribution is -0.407. The number of hydrogen-bond acceptors (Lipinski definition) is 12. The molecule has 0 saturated carbocycles. The molecular weight excluding hydrogens is 348 g/mol. The summed E-state index contributed by atoms with van der Waals surface area (Å²) in [4.78, 5) is 4.25. The van der Waals surface area contributed by atoms with Crippen molar-refractivity contribution in [3.8, 4) is 0 Å². The third kappa shape index (κ3) is 4.10. The molecule has 2 heterocycles. The predicted molar refractivity (Wildman–Crippen MR) is 74.9 cm³/mol. The molecule has 12 nitrogen and oxygen atoms in total. The van der Waals surface area contributed by atoms with Crippen molar-refractivity contribution in [2.75, 3.05) is 20.3 Å². The highest BCUT2D eigenvalue weighted by molar-refractivity contribution is 4.94. The normalized spacial score (nSPS) is 48.5. The molecule has 0 aliphatic carbocycles. The van der Waals surface area contributed by atoms with Gasteiger partial charge in [0.2, 0.25) is 0 Å². The van der Waals surface area contributed by atoms with Crippen molar-refractivity contribution in [1.82, 2.24) is 0 Å². The van der Waals surface area contributed by atoms with Crippen LogP contribution in [0.2, 0.25) is 0 Å². The Hall–Kier alpha value is -0.480. The lowest BCUT2D eigenvalue weighted by Gasteiger charge is -2.46. The van der Waals surface area contributed by atoms with Gasteiger partial charge in [0.25, 0.3) is 0 Å². The highest BCUT2D eigenvalue weighted by Gasteiger charge is 2.51. The Labute approximate surface area is 142 Å². The molecule has 0 aromatic rings.